The smallest absolute Gasteiger partial charge is 0.306 e. The summed E-state index contributed by atoms with van der Waals surface area (Å²) < 4.78 is 0. The average Bonchev–Trinajstić information content (AvgIpc) is 2.11. The van der Waals surface area contributed by atoms with Gasteiger partial charge in [0.25, 0.3) is 0 Å². The summed E-state index contributed by atoms with van der Waals surface area (Å²) in [6, 6.07) is -0.620. The van der Waals surface area contributed by atoms with Crippen LogP contribution in [0.3, 0.4) is 0 Å². The molecule has 0 aromatic carbocycles. The molecule has 1 amide bonds. The van der Waals surface area contributed by atoms with Gasteiger partial charge in [-0.2, -0.15) is 0 Å². The topological polar surface area (TPSA) is 113 Å². The van der Waals surface area contributed by atoms with Crippen LogP contribution < -0.4 is 11.1 Å². The van der Waals surface area contributed by atoms with Crippen molar-refractivity contribution in [3.05, 3.63) is 0 Å². The second-order valence-corrected chi connectivity index (χ2v) is 3.80. The summed E-state index contributed by atoms with van der Waals surface area (Å²) in [4.78, 5) is 21.6. The molecular weight excluding hydrogens is 200 g/mol. The molecule has 2 atom stereocenters. The Morgan fingerprint density at radius 1 is 1.53 bits per heavy atom. The van der Waals surface area contributed by atoms with Crippen molar-refractivity contribution in [2.75, 3.05) is 6.54 Å². The summed E-state index contributed by atoms with van der Waals surface area (Å²) >= 11 is 0. The fraction of sp³-hybridized carbons (Fsp3) is 0.778. The summed E-state index contributed by atoms with van der Waals surface area (Å²) in [6.45, 7) is 2.99. The average molecular weight is 218 g/mol. The highest BCUT2D eigenvalue weighted by molar-refractivity contribution is 5.81. The van der Waals surface area contributed by atoms with Crippen LogP contribution in [0.4, 0.5) is 0 Å². The first-order chi connectivity index (χ1) is 6.78. The third kappa shape index (κ3) is 6.03. The Hall–Kier alpha value is -1.14. The molecule has 0 aliphatic heterocycles. The van der Waals surface area contributed by atoms with Crippen molar-refractivity contribution in [2.45, 2.75) is 38.3 Å². The highest BCUT2D eigenvalue weighted by Crippen LogP contribution is 2.07. The fourth-order valence-electron chi connectivity index (χ4n) is 0.982. The highest BCUT2D eigenvalue weighted by atomic mass is 16.4. The van der Waals surface area contributed by atoms with Gasteiger partial charge in [0.15, 0.2) is 0 Å². The Morgan fingerprint density at radius 3 is 2.47 bits per heavy atom. The van der Waals surface area contributed by atoms with Gasteiger partial charge in [0.2, 0.25) is 5.91 Å². The molecule has 0 spiro atoms. The molecule has 0 aliphatic carbocycles. The van der Waals surface area contributed by atoms with Gasteiger partial charge in [-0.15, -0.1) is 0 Å². The lowest BCUT2D eigenvalue weighted by Crippen LogP contribution is -2.47. The molecule has 6 nitrogen and oxygen atoms in total. The largest absolute Gasteiger partial charge is 0.481 e. The van der Waals surface area contributed by atoms with Crippen LogP contribution in [-0.2, 0) is 9.59 Å². The number of aliphatic carboxylic acids is 1. The van der Waals surface area contributed by atoms with Gasteiger partial charge >= 0.3 is 5.97 Å². The second kappa shape index (κ2) is 5.67. The van der Waals surface area contributed by atoms with Crippen molar-refractivity contribution >= 4 is 11.9 Å². The van der Waals surface area contributed by atoms with E-state index in [1.807, 2.05) is 0 Å². The zero-order valence-corrected chi connectivity index (χ0v) is 8.99. The molecule has 15 heavy (non-hydrogen) atoms. The molecule has 0 aromatic heterocycles. The maximum Gasteiger partial charge on any atom is 0.306 e. The van der Waals surface area contributed by atoms with Gasteiger partial charge in [-0.3, -0.25) is 9.59 Å². The highest BCUT2D eigenvalue weighted by Gasteiger charge is 2.25. The van der Waals surface area contributed by atoms with Gasteiger partial charge in [-0.1, -0.05) is 6.92 Å². The first-order valence-corrected chi connectivity index (χ1v) is 4.76. The van der Waals surface area contributed by atoms with E-state index in [2.05, 4.69) is 5.32 Å². The molecule has 0 saturated carbocycles. The van der Waals surface area contributed by atoms with E-state index in [9.17, 15) is 14.7 Å². The Bertz CT molecular complexity index is 240. The number of hydrogen-bond acceptors (Lipinski definition) is 4. The standard InChI is InChI=1S/C9H18N2O4/c1-3-6(10)8(14)11-5-9(2,15)4-7(12)13/h6,15H,3-5,10H2,1-2H3,(H,11,14)(H,12,13)/t6-,9?/m0/s1. The Kier molecular flexibility index (Phi) is 5.24. The molecule has 0 aromatic rings. The minimum atomic E-state index is -1.45. The lowest BCUT2D eigenvalue weighted by atomic mass is 10.0. The van der Waals surface area contributed by atoms with Crippen molar-refractivity contribution in [2.24, 2.45) is 5.73 Å². The number of rotatable bonds is 6. The van der Waals surface area contributed by atoms with Crippen molar-refractivity contribution in [3.8, 4) is 0 Å². The Morgan fingerprint density at radius 2 is 2.07 bits per heavy atom. The second-order valence-electron chi connectivity index (χ2n) is 3.80. The van der Waals surface area contributed by atoms with Crippen LogP contribution in [-0.4, -0.2) is 40.3 Å². The number of aliphatic hydroxyl groups is 1. The summed E-state index contributed by atoms with van der Waals surface area (Å²) in [6.07, 6.45) is 0.0710. The van der Waals surface area contributed by atoms with E-state index >= 15 is 0 Å². The molecule has 0 radical (unpaired) electrons. The van der Waals surface area contributed by atoms with E-state index in [0.717, 1.165) is 0 Å². The molecule has 0 saturated heterocycles. The predicted molar refractivity (Wildman–Crippen MR) is 54.2 cm³/mol. The Balaban J connectivity index is 4.03. The van der Waals surface area contributed by atoms with E-state index in [-0.39, 0.29) is 12.5 Å². The molecule has 5 N–H and O–H groups in total. The van der Waals surface area contributed by atoms with E-state index in [1.54, 1.807) is 6.92 Å². The fourth-order valence-corrected chi connectivity index (χ4v) is 0.982. The van der Waals surface area contributed by atoms with Crippen molar-refractivity contribution < 1.29 is 19.8 Å². The van der Waals surface area contributed by atoms with E-state index < -0.39 is 24.0 Å². The van der Waals surface area contributed by atoms with E-state index in [4.69, 9.17) is 10.8 Å². The van der Waals surface area contributed by atoms with Crippen LogP contribution >= 0.6 is 0 Å². The molecule has 0 aliphatic rings. The van der Waals surface area contributed by atoms with Crippen LogP contribution in [0.15, 0.2) is 0 Å². The predicted octanol–water partition coefficient (Wildman–Crippen LogP) is -0.934. The van der Waals surface area contributed by atoms with E-state index in [1.165, 1.54) is 6.92 Å². The number of amides is 1. The van der Waals surface area contributed by atoms with Crippen LogP contribution in [0.1, 0.15) is 26.7 Å². The number of nitrogens with two attached hydrogens (primary N) is 1. The molecular formula is C9H18N2O4. The van der Waals surface area contributed by atoms with Crippen LogP contribution in [0.5, 0.6) is 0 Å². The maximum atomic E-state index is 11.2. The molecule has 0 bridgehead atoms. The number of hydrogen-bond donors (Lipinski definition) is 4. The minimum absolute atomic E-state index is 0.119. The summed E-state index contributed by atoms with van der Waals surface area (Å²) in [5, 5.41) is 20.4. The summed E-state index contributed by atoms with van der Waals surface area (Å²) in [5.41, 5.74) is 3.99. The Labute approximate surface area is 88.5 Å². The van der Waals surface area contributed by atoms with Gasteiger partial charge in [0.1, 0.15) is 0 Å². The monoisotopic (exact) mass is 218 g/mol. The van der Waals surface area contributed by atoms with Crippen molar-refractivity contribution in [1.29, 1.82) is 0 Å². The normalized spacial score (nSPS) is 16.5. The van der Waals surface area contributed by atoms with Gasteiger partial charge in [-0.05, 0) is 13.3 Å². The summed E-state index contributed by atoms with van der Waals surface area (Å²) in [7, 11) is 0. The van der Waals surface area contributed by atoms with Crippen LogP contribution in [0, 0.1) is 0 Å². The number of carbonyl (C=O) groups is 2. The van der Waals surface area contributed by atoms with Gasteiger partial charge in [0, 0.05) is 6.54 Å². The van der Waals surface area contributed by atoms with Gasteiger partial charge in [0.05, 0.1) is 18.1 Å². The zero-order chi connectivity index (χ0) is 12.1. The number of carboxylic acids is 1. The SMILES string of the molecule is CC[C@H](N)C(=O)NCC(C)(O)CC(=O)O. The van der Waals surface area contributed by atoms with E-state index in [0.29, 0.717) is 6.42 Å². The zero-order valence-electron chi connectivity index (χ0n) is 8.99. The molecule has 0 fully saturated rings. The molecule has 88 valence electrons. The van der Waals surface area contributed by atoms with Crippen molar-refractivity contribution in [1.82, 2.24) is 5.32 Å². The van der Waals surface area contributed by atoms with Gasteiger partial charge in [-0.25, -0.2) is 0 Å². The molecule has 1 unspecified atom stereocenters. The van der Waals surface area contributed by atoms with Crippen LogP contribution in [0.25, 0.3) is 0 Å². The third-order valence-electron chi connectivity index (χ3n) is 1.95. The van der Waals surface area contributed by atoms with Gasteiger partial charge < -0.3 is 21.3 Å². The quantitative estimate of drug-likeness (QED) is 0.460. The molecule has 6 heteroatoms. The first kappa shape index (κ1) is 13.9. The van der Waals surface area contributed by atoms with Crippen LogP contribution in [0.2, 0.25) is 0 Å². The summed E-state index contributed by atoms with van der Waals surface area (Å²) in [5.74, 6) is -1.50. The first-order valence-electron chi connectivity index (χ1n) is 4.76. The molecule has 0 heterocycles. The van der Waals surface area contributed by atoms with Crippen molar-refractivity contribution in [3.63, 3.8) is 0 Å². The maximum absolute atomic E-state index is 11.2. The lowest BCUT2D eigenvalue weighted by Gasteiger charge is -2.22. The molecule has 0 rings (SSSR count). The number of nitrogens with one attached hydrogen (secondary N) is 1. The lowest BCUT2D eigenvalue weighted by molar-refractivity contribution is -0.142. The number of carbonyl (C=O) groups excluding carboxylic acids is 1. The minimum Gasteiger partial charge on any atom is -0.481 e. The number of carboxylic acid groups (broad SMARTS) is 1. The third-order valence-corrected chi connectivity index (χ3v) is 1.95.